The van der Waals surface area contributed by atoms with Crippen LogP contribution in [-0.2, 0) is 4.79 Å². The molecule has 1 aliphatic heterocycles. The van der Waals surface area contributed by atoms with Crippen molar-refractivity contribution in [2.24, 2.45) is 0 Å². The third-order valence-corrected chi connectivity index (χ3v) is 4.87. The lowest BCUT2D eigenvalue weighted by Crippen LogP contribution is -2.61. The third kappa shape index (κ3) is 3.05. The lowest BCUT2D eigenvalue weighted by Gasteiger charge is -2.43. The number of hydrogen-bond acceptors (Lipinski definition) is 3. The van der Waals surface area contributed by atoms with Gasteiger partial charge in [-0.05, 0) is 46.2 Å². The Balaban J connectivity index is 1.67. The van der Waals surface area contributed by atoms with Crippen molar-refractivity contribution in [3.05, 3.63) is 59.3 Å². The van der Waals surface area contributed by atoms with E-state index in [0.29, 0.717) is 18.7 Å². The molecule has 0 aliphatic carbocycles. The van der Waals surface area contributed by atoms with Crippen molar-refractivity contribution < 1.29 is 9.59 Å². The molecule has 0 spiro atoms. The van der Waals surface area contributed by atoms with Crippen LogP contribution in [0.2, 0.25) is 0 Å². The summed E-state index contributed by atoms with van der Waals surface area (Å²) in [6.07, 6.45) is 1.30. The van der Waals surface area contributed by atoms with Crippen molar-refractivity contribution in [2.45, 2.75) is 6.04 Å². The molecule has 4 nitrogen and oxygen atoms in total. The largest absolute Gasteiger partial charge is 0.336 e. The zero-order chi connectivity index (χ0) is 16.4. The normalized spacial score (nSPS) is 14.2. The molecule has 0 atom stereocenters. The van der Waals surface area contributed by atoms with E-state index >= 15 is 0 Å². The number of likely N-dealkylation sites (N-methyl/N-ethyl adjacent to an activating group) is 1. The first-order valence-electron chi connectivity index (χ1n) is 7.41. The molecule has 0 radical (unpaired) electrons. The highest BCUT2D eigenvalue weighted by molar-refractivity contribution is 7.08. The highest BCUT2D eigenvalue weighted by Gasteiger charge is 2.35. The maximum atomic E-state index is 12.6. The summed E-state index contributed by atoms with van der Waals surface area (Å²) in [5.41, 5.74) is 2.86. The molecule has 0 unspecified atom stereocenters. The van der Waals surface area contributed by atoms with Gasteiger partial charge in [0, 0.05) is 25.7 Å². The van der Waals surface area contributed by atoms with Gasteiger partial charge in [0.05, 0.1) is 6.04 Å². The van der Waals surface area contributed by atoms with Gasteiger partial charge >= 0.3 is 0 Å². The molecule has 2 heterocycles. The Morgan fingerprint density at radius 3 is 2.74 bits per heavy atom. The first-order valence-corrected chi connectivity index (χ1v) is 8.35. The molecule has 0 N–H and O–H groups in total. The summed E-state index contributed by atoms with van der Waals surface area (Å²) in [5.74, 6) is -0.0978. The van der Waals surface area contributed by atoms with Gasteiger partial charge in [0.15, 0.2) is 0 Å². The molecular formula is C18H18N2O2S. The Hall–Kier alpha value is -2.40. The molecule has 1 aromatic carbocycles. The summed E-state index contributed by atoms with van der Waals surface area (Å²) < 4.78 is 0. The second-order valence-electron chi connectivity index (χ2n) is 5.61. The minimum absolute atomic E-state index is 0.0118. The molecule has 2 amide bonds. The van der Waals surface area contributed by atoms with E-state index in [0.717, 1.165) is 11.1 Å². The fraction of sp³-hybridized carbons (Fsp3) is 0.222. The second kappa shape index (κ2) is 6.38. The van der Waals surface area contributed by atoms with E-state index < -0.39 is 0 Å². The van der Waals surface area contributed by atoms with Crippen LogP contribution in [0.1, 0.15) is 10.4 Å². The molecule has 23 heavy (non-hydrogen) atoms. The highest BCUT2D eigenvalue weighted by Crippen LogP contribution is 2.24. The molecule has 0 bridgehead atoms. The van der Waals surface area contributed by atoms with Gasteiger partial charge in [-0.1, -0.05) is 18.7 Å². The number of carbonyl (C=O) groups excluding carboxylic acids is 2. The number of thiophene rings is 1. The van der Waals surface area contributed by atoms with Gasteiger partial charge in [-0.15, -0.1) is 0 Å². The van der Waals surface area contributed by atoms with Gasteiger partial charge in [-0.25, -0.2) is 0 Å². The Kier molecular flexibility index (Phi) is 4.30. The van der Waals surface area contributed by atoms with E-state index in [-0.39, 0.29) is 17.9 Å². The summed E-state index contributed by atoms with van der Waals surface area (Å²) >= 11 is 1.64. The summed E-state index contributed by atoms with van der Waals surface area (Å²) in [7, 11) is 1.74. The highest BCUT2D eigenvalue weighted by atomic mass is 32.1. The molecule has 1 aromatic heterocycles. The summed E-state index contributed by atoms with van der Waals surface area (Å²) in [6, 6.07) is 9.80. The van der Waals surface area contributed by atoms with E-state index in [1.54, 1.807) is 28.2 Å². The number of carbonyl (C=O) groups is 2. The molecule has 118 valence electrons. The van der Waals surface area contributed by atoms with E-state index in [4.69, 9.17) is 0 Å². The van der Waals surface area contributed by atoms with Crippen LogP contribution >= 0.6 is 11.3 Å². The molecule has 1 aliphatic rings. The Morgan fingerprint density at radius 1 is 1.30 bits per heavy atom. The van der Waals surface area contributed by atoms with Crippen LogP contribution in [-0.4, -0.2) is 47.8 Å². The van der Waals surface area contributed by atoms with E-state index in [9.17, 15) is 9.59 Å². The fourth-order valence-electron chi connectivity index (χ4n) is 2.63. The number of rotatable bonds is 4. The van der Waals surface area contributed by atoms with Gasteiger partial charge in [0.25, 0.3) is 5.91 Å². The van der Waals surface area contributed by atoms with Gasteiger partial charge < -0.3 is 9.80 Å². The predicted molar refractivity (Wildman–Crippen MR) is 92.4 cm³/mol. The van der Waals surface area contributed by atoms with Crippen LogP contribution in [0.5, 0.6) is 0 Å². The summed E-state index contributed by atoms with van der Waals surface area (Å²) in [6.45, 7) is 4.62. The van der Waals surface area contributed by atoms with Gasteiger partial charge in [-0.2, -0.15) is 11.3 Å². The van der Waals surface area contributed by atoms with Crippen LogP contribution in [0.15, 0.2) is 53.7 Å². The minimum Gasteiger partial charge on any atom is -0.336 e. The quantitative estimate of drug-likeness (QED) is 0.811. The molecule has 1 fully saturated rings. The first kappa shape index (κ1) is 15.5. The summed E-state index contributed by atoms with van der Waals surface area (Å²) in [4.78, 5) is 27.5. The topological polar surface area (TPSA) is 40.6 Å². The average Bonchev–Trinajstić information content (AvgIpc) is 3.07. The number of hydrogen-bond donors (Lipinski definition) is 0. The van der Waals surface area contributed by atoms with Crippen LogP contribution in [0.4, 0.5) is 0 Å². The average molecular weight is 326 g/mol. The number of amides is 2. The maximum Gasteiger partial charge on any atom is 0.254 e. The zero-order valence-electron chi connectivity index (χ0n) is 12.9. The number of benzene rings is 1. The SMILES string of the molecule is C=CC(=O)N(C)C1CN(C(=O)c2cccc(-c3ccsc3)c2)C1. The van der Waals surface area contributed by atoms with Crippen molar-refractivity contribution >= 4 is 23.2 Å². The van der Waals surface area contributed by atoms with Gasteiger partial charge in [-0.3, -0.25) is 9.59 Å². The standard InChI is InChI=1S/C18H18N2O2S/c1-3-17(21)19(2)16-10-20(11-16)18(22)14-6-4-5-13(9-14)15-7-8-23-12-15/h3-9,12,16H,1,10-11H2,2H3. The molecule has 5 heteroatoms. The smallest absolute Gasteiger partial charge is 0.254 e. The lowest BCUT2D eigenvalue weighted by atomic mass is 10.0. The van der Waals surface area contributed by atoms with Crippen molar-refractivity contribution in [3.8, 4) is 11.1 Å². The van der Waals surface area contributed by atoms with E-state index in [2.05, 4.69) is 12.0 Å². The monoisotopic (exact) mass is 326 g/mol. The van der Waals surface area contributed by atoms with Crippen molar-refractivity contribution in [2.75, 3.05) is 20.1 Å². The summed E-state index contributed by atoms with van der Waals surface area (Å²) in [5, 5.41) is 4.09. The van der Waals surface area contributed by atoms with Crippen molar-refractivity contribution in [3.63, 3.8) is 0 Å². The third-order valence-electron chi connectivity index (χ3n) is 4.18. The maximum absolute atomic E-state index is 12.6. The molecule has 2 aromatic rings. The lowest BCUT2D eigenvalue weighted by molar-refractivity contribution is -0.129. The van der Waals surface area contributed by atoms with Crippen molar-refractivity contribution in [1.29, 1.82) is 0 Å². The first-order chi connectivity index (χ1) is 11.1. The number of likely N-dealkylation sites (tertiary alicyclic amines) is 1. The Labute approximate surface area is 139 Å². The molecule has 3 rings (SSSR count). The Bertz CT molecular complexity index is 733. The van der Waals surface area contributed by atoms with Crippen LogP contribution in [0, 0.1) is 0 Å². The van der Waals surface area contributed by atoms with Crippen LogP contribution < -0.4 is 0 Å². The van der Waals surface area contributed by atoms with Gasteiger partial charge in [0.2, 0.25) is 5.91 Å². The van der Waals surface area contributed by atoms with Gasteiger partial charge in [0.1, 0.15) is 0 Å². The van der Waals surface area contributed by atoms with Crippen molar-refractivity contribution in [1.82, 2.24) is 9.80 Å². The molecular weight excluding hydrogens is 308 g/mol. The second-order valence-corrected chi connectivity index (χ2v) is 6.39. The predicted octanol–water partition coefficient (Wildman–Crippen LogP) is 2.88. The number of nitrogens with zero attached hydrogens (tertiary/aromatic N) is 2. The van der Waals surface area contributed by atoms with Crippen LogP contribution in [0.25, 0.3) is 11.1 Å². The molecule has 0 saturated carbocycles. The fourth-order valence-corrected chi connectivity index (χ4v) is 3.30. The molecule has 1 saturated heterocycles. The van der Waals surface area contributed by atoms with Crippen LogP contribution in [0.3, 0.4) is 0 Å². The zero-order valence-corrected chi connectivity index (χ0v) is 13.8. The minimum atomic E-state index is -0.110. The van der Waals surface area contributed by atoms with E-state index in [1.165, 1.54) is 6.08 Å². The van der Waals surface area contributed by atoms with E-state index in [1.807, 2.05) is 35.7 Å². The Morgan fingerprint density at radius 2 is 2.09 bits per heavy atom.